The van der Waals surface area contributed by atoms with Crippen molar-refractivity contribution in [3.63, 3.8) is 0 Å². The summed E-state index contributed by atoms with van der Waals surface area (Å²) in [5.41, 5.74) is 1.97. The third-order valence-corrected chi connectivity index (χ3v) is 7.03. The Morgan fingerprint density at radius 2 is 1.64 bits per heavy atom. The second-order valence-electron chi connectivity index (χ2n) is 8.98. The van der Waals surface area contributed by atoms with Gasteiger partial charge in [-0.05, 0) is 93.6 Å². The van der Waals surface area contributed by atoms with Crippen molar-refractivity contribution < 1.29 is 13.5 Å². The molecular formula is C25H36F2O. The standard InChI is InChI=1S/C25H36F2O/c1-4-6-18-7-8-21(16-17(3)15-18)19-9-11-20(12-10-19)22-13-14-23(28-5-2)25(27)24(22)26/h13-14,18-21H,3-12,15-16H2,1-2H3. The van der Waals surface area contributed by atoms with Crippen LogP contribution in [-0.4, -0.2) is 6.61 Å². The fourth-order valence-corrected chi connectivity index (χ4v) is 5.60. The largest absolute Gasteiger partial charge is 0.491 e. The van der Waals surface area contributed by atoms with Crippen LogP contribution in [0.4, 0.5) is 8.78 Å². The van der Waals surface area contributed by atoms with E-state index < -0.39 is 11.6 Å². The lowest BCUT2D eigenvalue weighted by molar-refractivity contribution is 0.215. The second-order valence-corrected chi connectivity index (χ2v) is 8.98. The van der Waals surface area contributed by atoms with Gasteiger partial charge in [0.25, 0.3) is 0 Å². The molecule has 1 aromatic rings. The van der Waals surface area contributed by atoms with Gasteiger partial charge in [0.2, 0.25) is 5.82 Å². The molecule has 3 heteroatoms. The van der Waals surface area contributed by atoms with Crippen LogP contribution >= 0.6 is 0 Å². The highest BCUT2D eigenvalue weighted by Gasteiger charge is 2.32. The van der Waals surface area contributed by atoms with Crippen molar-refractivity contribution in [1.29, 1.82) is 0 Å². The molecule has 28 heavy (non-hydrogen) atoms. The monoisotopic (exact) mass is 390 g/mol. The minimum Gasteiger partial charge on any atom is -0.491 e. The fraction of sp³-hybridized carbons (Fsp3) is 0.680. The number of ether oxygens (including phenoxy) is 1. The van der Waals surface area contributed by atoms with Crippen molar-refractivity contribution in [3.05, 3.63) is 41.5 Å². The Morgan fingerprint density at radius 1 is 0.929 bits per heavy atom. The first-order chi connectivity index (χ1) is 13.5. The lowest BCUT2D eigenvalue weighted by Crippen LogP contribution is -2.22. The smallest absolute Gasteiger partial charge is 0.200 e. The third-order valence-electron chi connectivity index (χ3n) is 7.03. The zero-order valence-electron chi connectivity index (χ0n) is 17.6. The summed E-state index contributed by atoms with van der Waals surface area (Å²) in [4.78, 5) is 0. The Bertz CT molecular complexity index is 661. The highest BCUT2D eigenvalue weighted by molar-refractivity contribution is 5.33. The summed E-state index contributed by atoms with van der Waals surface area (Å²) in [6, 6.07) is 3.32. The first kappa shape index (κ1) is 21.3. The molecule has 0 heterocycles. The van der Waals surface area contributed by atoms with Gasteiger partial charge in [0.1, 0.15) is 0 Å². The van der Waals surface area contributed by atoms with Crippen LogP contribution in [0.5, 0.6) is 5.75 Å². The topological polar surface area (TPSA) is 9.23 Å². The van der Waals surface area contributed by atoms with E-state index >= 15 is 0 Å². The van der Waals surface area contributed by atoms with Crippen LogP contribution in [-0.2, 0) is 0 Å². The molecule has 0 bridgehead atoms. The van der Waals surface area contributed by atoms with Gasteiger partial charge in [-0.25, -0.2) is 4.39 Å². The maximum atomic E-state index is 14.6. The van der Waals surface area contributed by atoms with Gasteiger partial charge in [-0.3, -0.25) is 0 Å². The van der Waals surface area contributed by atoms with Crippen molar-refractivity contribution in [2.75, 3.05) is 6.61 Å². The van der Waals surface area contributed by atoms with Crippen LogP contribution in [0, 0.1) is 29.4 Å². The Morgan fingerprint density at radius 3 is 2.32 bits per heavy atom. The van der Waals surface area contributed by atoms with E-state index in [0.29, 0.717) is 18.1 Å². The van der Waals surface area contributed by atoms with Crippen molar-refractivity contribution >= 4 is 0 Å². The summed E-state index contributed by atoms with van der Waals surface area (Å²) in [6.07, 6.45) is 11.7. The van der Waals surface area contributed by atoms with Crippen LogP contribution in [0.3, 0.4) is 0 Å². The zero-order valence-corrected chi connectivity index (χ0v) is 17.6. The molecule has 2 saturated carbocycles. The predicted octanol–water partition coefficient (Wildman–Crippen LogP) is 7.80. The van der Waals surface area contributed by atoms with Crippen LogP contribution in [0.2, 0.25) is 0 Å². The summed E-state index contributed by atoms with van der Waals surface area (Å²) in [5, 5.41) is 0. The quantitative estimate of drug-likeness (QED) is 0.356. The van der Waals surface area contributed by atoms with Crippen molar-refractivity contribution in [2.24, 2.45) is 17.8 Å². The Labute approximate surface area is 169 Å². The fourth-order valence-electron chi connectivity index (χ4n) is 5.60. The molecule has 2 aliphatic rings. The zero-order chi connectivity index (χ0) is 20.1. The molecule has 0 N–H and O–H groups in total. The van der Waals surface area contributed by atoms with Gasteiger partial charge in [0.15, 0.2) is 11.6 Å². The lowest BCUT2D eigenvalue weighted by atomic mass is 9.71. The molecule has 2 aliphatic carbocycles. The molecule has 1 aromatic carbocycles. The molecule has 2 atom stereocenters. The Hall–Kier alpha value is -1.38. The van der Waals surface area contributed by atoms with Crippen molar-refractivity contribution in [2.45, 2.75) is 84.0 Å². The molecule has 156 valence electrons. The van der Waals surface area contributed by atoms with E-state index in [1.165, 1.54) is 44.1 Å². The highest BCUT2D eigenvalue weighted by atomic mass is 19.2. The van der Waals surface area contributed by atoms with Crippen LogP contribution in [0.1, 0.15) is 89.5 Å². The number of benzene rings is 1. The minimum absolute atomic E-state index is 0.0241. The molecule has 3 rings (SSSR count). The molecule has 0 saturated heterocycles. The number of rotatable bonds is 6. The van der Waals surface area contributed by atoms with E-state index in [0.717, 1.165) is 37.5 Å². The minimum atomic E-state index is -0.830. The molecule has 0 aromatic heterocycles. The first-order valence-corrected chi connectivity index (χ1v) is 11.3. The number of halogens is 2. The Balaban J connectivity index is 1.60. The molecule has 1 nitrogen and oxygen atoms in total. The van der Waals surface area contributed by atoms with Gasteiger partial charge < -0.3 is 4.74 Å². The summed E-state index contributed by atoms with van der Waals surface area (Å²) in [7, 11) is 0. The maximum Gasteiger partial charge on any atom is 0.200 e. The maximum absolute atomic E-state index is 14.6. The van der Waals surface area contributed by atoms with E-state index in [4.69, 9.17) is 4.74 Å². The number of allylic oxidation sites excluding steroid dienone is 1. The van der Waals surface area contributed by atoms with Crippen LogP contribution in [0.25, 0.3) is 0 Å². The summed E-state index contributed by atoms with van der Waals surface area (Å²) in [5.74, 6) is 0.878. The molecular weight excluding hydrogens is 354 g/mol. The third kappa shape index (κ3) is 4.96. The highest BCUT2D eigenvalue weighted by Crippen LogP contribution is 2.45. The first-order valence-electron chi connectivity index (χ1n) is 11.3. The average molecular weight is 391 g/mol. The van der Waals surface area contributed by atoms with Gasteiger partial charge in [-0.1, -0.05) is 38.0 Å². The van der Waals surface area contributed by atoms with E-state index in [2.05, 4.69) is 13.5 Å². The average Bonchev–Trinajstić information content (AvgIpc) is 2.87. The molecule has 2 fully saturated rings. The second kappa shape index (κ2) is 9.89. The molecule has 0 aliphatic heterocycles. The van der Waals surface area contributed by atoms with Crippen molar-refractivity contribution in [3.8, 4) is 5.75 Å². The summed E-state index contributed by atoms with van der Waals surface area (Å²) in [6.45, 7) is 8.75. The lowest BCUT2D eigenvalue weighted by Gasteiger charge is -2.34. The van der Waals surface area contributed by atoms with Gasteiger partial charge >= 0.3 is 0 Å². The van der Waals surface area contributed by atoms with Crippen LogP contribution in [0.15, 0.2) is 24.3 Å². The summed E-state index contributed by atoms with van der Waals surface area (Å²) >= 11 is 0. The van der Waals surface area contributed by atoms with Crippen LogP contribution < -0.4 is 4.74 Å². The molecule has 0 amide bonds. The number of hydrogen-bond donors (Lipinski definition) is 0. The van der Waals surface area contributed by atoms with E-state index in [-0.39, 0.29) is 11.7 Å². The van der Waals surface area contributed by atoms with E-state index in [1.54, 1.807) is 19.1 Å². The van der Waals surface area contributed by atoms with Gasteiger partial charge in [0, 0.05) is 0 Å². The van der Waals surface area contributed by atoms with Gasteiger partial charge in [-0.15, -0.1) is 0 Å². The molecule has 0 radical (unpaired) electrons. The normalized spacial score (nSPS) is 28.8. The van der Waals surface area contributed by atoms with Gasteiger partial charge in [0.05, 0.1) is 6.61 Å². The van der Waals surface area contributed by atoms with Crippen molar-refractivity contribution in [1.82, 2.24) is 0 Å². The van der Waals surface area contributed by atoms with E-state index in [9.17, 15) is 8.78 Å². The summed E-state index contributed by atoms with van der Waals surface area (Å²) < 4.78 is 34.0. The Kier molecular flexibility index (Phi) is 7.54. The SMILES string of the molecule is C=C1CC(CCC)CCC(C2CCC(c3ccc(OCC)c(F)c3F)CC2)C1. The number of hydrogen-bond acceptors (Lipinski definition) is 1. The molecule has 2 unspecified atom stereocenters. The van der Waals surface area contributed by atoms with Gasteiger partial charge in [-0.2, -0.15) is 4.39 Å². The molecule has 0 spiro atoms. The predicted molar refractivity (Wildman–Crippen MR) is 112 cm³/mol. The van der Waals surface area contributed by atoms with E-state index in [1.807, 2.05) is 0 Å².